The summed E-state index contributed by atoms with van der Waals surface area (Å²) in [4.78, 5) is 12.1. The number of carbonyl (C=O) groups excluding carboxylic acids is 1. The minimum Gasteiger partial charge on any atom is -0.346 e. The standard InChI is InChI=1S/C5H9NO/c1-6-4-2-3-5(6)7/h2-4H2,1H3/i4D. The summed E-state index contributed by atoms with van der Waals surface area (Å²) >= 11 is 0. The predicted molar refractivity (Wildman–Crippen MR) is 26.9 cm³/mol. The molecule has 1 saturated heterocycles. The molecule has 40 valence electrons. The van der Waals surface area contributed by atoms with Crippen LogP contribution in [0.4, 0.5) is 0 Å². The molecule has 1 aliphatic heterocycles. The van der Waals surface area contributed by atoms with E-state index in [9.17, 15) is 4.79 Å². The Kier molecular flexibility index (Phi) is 0.755. The molecule has 0 bridgehead atoms. The van der Waals surface area contributed by atoms with Gasteiger partial charge in [0.2, 0.25) is 5.91 Å². The smallest absolute Gasteiger partial charge is 0.222 e. The predicted octanol–water partition coefficient (Wildman–Crippen LogP) is 0.239. The van der Waals surface area contributed by atoms with Crippen molar-refractivity contribution in [3.8, 4) is 0 Å². The van der Waals surface area contributed by atoms with Gasteiger partial charge in [0.15, 0.2) is 0 Å². The fourth-order valence-electron chi connectivity index (χ4n) is 0.660. The number of hydrogen-bond acceptors (Lipinski definition) is 1. The van der Waals surface area contributed by atoms with E-state index in [1.807, 2.05) is 0 Å². The third kappa shape index (κ3) is 0.734. The molecule has 7 heavy (non-hydrogen) atoms. The van der Waals surface area contributed by atoms with E-state index in [2.05, 4.69) is 0 Å². The van der Waals surface area contributed by atoms with Crippen molar-refractivity contribution in [3.05, 3.63) is 0 Å². The zero-order chi connectivity index (χ0) is 6.15. The Morgan fingerprint density at radius 2 is 2.71 bits per heavy atom. The molecule has 0 aliphatic carbocycles. The number of nitrogens with zero attached hydrogens (tertiary/aromatic N) is 1. The summed E-state index contributed by atoms with van der Waals surface area (Å²) in [5.74, 6) is 0.102. The van der Waals surface area contributed by atoms with Crippen molar-refractivity contribution >= 4 is 5.91 Å². The average Bonchev–Trinajstić information content (AvgIpc) is 1.98. The van der Waals surface area contributed by atoms with Gasteiger partial charge in [0.05, 0.1) is 0 Å². The second kappa shape index (κ2) is 1.52. The largest absolute Gasteiger partial charge is 0.346 e. The number of carbonyl (C=O) groups is 1. The van der Waals surface area contributed by atoms with Gasteiger partial charge in [-0.3, -0.25) is 4.79 Å². The summed E-state index contributed by atoms with van der Waals surface area (Å²) in [6, 6.07) is 0. The molecule has 1 heterocycles. The van der Waals surface area contributed by atoms with E-state index < -0.39 is 0 Å². The molecule has 1 unspecified atom stereocenters. The lowest BCUT2D eigenvalue weighted by molar-refractivity contribution is -0.126. The van der Waals surface area contributed by atoms with Crippen molar-refractivity contribution in [2.24, 2.45) is 0 Å². The molecule has 1 fully saturated rings. The maximum atomic E-state index is 10.6. The Bertz CT molecular complexity index is 115. The van der Waals surface area contributed by atoms with Gasteiger partial charge in [-0.05, 0) is 6.42 Å². The molecular formula is C5H9NO. The number of likely N-dealkylation sites (tertiary alicyclic amines) is 1. The van der Waals surface area contributed by atoms with Crippen LogP contribution in [0.5, 0.6) is 0 Å². The van der Waals surface area contributed by atoms with Gasteiger partial charge in [0, 0.05) is 21.4 Å². The lowest BCUT2D eigenvalue weighted by Crippen LogP contribution is -2.17. The highest BCUT2D eigenvalue weighted by Crippen LogP contribution is 2.04. The van der Waals surface area contributed by atoms with Crippen LogP contribution in [-0.4, -0.2) is 24.4 Å². The van der Waals surface area contributed by atoms with Crippen LogP contribution < -0.4 is 0 Å². The second-order valence-corrected chi connectivity index (χ2v) is 1.73. The van der Waals surface area contributed by atoms with Crippen LogP contribution in [0, 0.1) is 0 Å². The topological polar surface area (TPSA) is 20.3 Å². The third-order valence-electron chi connectivity index (χ3n) is 1.15. The molecule has 1 atom stereocenters. The van der Waals surface area contributed by atoms with Gasteiger partial charge in [-0.1, -0.05) is 0 Å². The zero-order valence-electron chi connectivity index (χ0n) is 5.35. The van der Waals surface area contributed by atoms with Gasteiger partial charge in [-0.2, -0.15) is 0 Å². The van der Waals surface area contributed by atoms with Crippen molar-refractivity contribution in [2.45, 2.75) is 12.8 Å². The van der Waals surface area contributed by atoms with E-state index in [0.717, 1.165) is 0 Å². The summed E-state index contributed by atoms with van der Waals surface area (Å²) in [7, 11) is 1.67. The molecule has 1 amide bonds. The fourth-order valence-corrected chi connectivity index (χ4v) is 0.660. The fraction of sp³-hybridized carbons (Fsp3) is 0.800. The van der Waals surface area contributed by atoms with Gasteiger partial charge in [-0.25, -0.2) is 0 Å². The highest BCUT2D eigenvalue weighted by molar-refractivity contribution is 5.77. The molecule has 0 spiro atoms. The van der Waals surface area contributed by atoms with Crippen molar-refractivity contribution in [2.75, 3.05) is 13.6 Å². The first kappa shape index (κ1) is 3.47. The minimum absolute atomic E-state index is 0.102. The van der Waals surface area contributed by atoms with Crippen LogP contribution in [-0.2, 0) is 4.79 Å². The molecule has 1 aliphatic rings. The summed E-state index contributed by atoms with van der Waals surface area (Å²) < 4.78 is 7.17. The second-order valence-electron chi connectivity index (χ2n) is 1.73. The SMILES string of the molecule is [2H]C1CCC(=O)N1C. The summed E-state index contributed by atoms with van der Waals surface area (Å²) in [5, 5.41) is 0. The van der Waals surface area contributed by atoms with E-state index in [1.165, 1.54) is 4.90 Å². The molecule has 0 aromatic rings. The van der Waals surface area contributed by atoms with Crippen LogP contribution in [0.15, 0.2) is 0 Å². The van der Waals surface area contributed by atoms with Gasteiger partial charge < -0.3 is 4.90 Å². The van der Waals surface area contributed by atoms with Crippen LogP contribution >= 0.6 is 0 Å². The highest BCUT2D eigenvalue weighted by Gasteiger charge is 2.14. The molecule has 0 aromatic carbocycles. The Balaban J connectivity index is 2.56. The summed E-state index contributed by atoms with van der Waals surface area (Å²) in [5.41, 5.74) is 0. The Labute approximate surface area is 44.5 Å². The third-order valence-corrected chi connectivity index (χ3v) is 1.15. The van der Waals surface area contributed by atoms with E-state index >= 15 is 0 Å². The molecule has 0 saturated carbocycles. The van der Waals surface area contributed by atoms with Crippen LogP contribution in [0.25, 0.3) is 0 Å². The Hall–Kier alpha value is -0.530. The molecule has 2 heteroatoms. The molecule has 2 nitrogen and oxygen atoms in total. The molecule has 0 aromatic heterocycles. The molecule has 0 radical (unpaired) electrons. The molecular weight excluding hydrogens is 90.1 g/mol. The lowest BCUT2D eigenvalue weighted by Gasteiger charge is -2.03. The van der Waals surface area contributed by atoms with Gasteiger partial charge in [-0.15, -0.1) is 0 Å². The Morgan fingerprint density at radius 1 is 2.00 bits per heavy atom. The van der Waals surface area contributed by atoms with Crippen LogP contribution in [0.3, 0.4) is 0 Å². The highest BCUT2D eigenvalue weighted by atomic mass is 16.2. The van der Waals surface area contributed by atoms with E-state index in [0.29, 0.717) is 12.8 Å². The maximum Gasteiger partial charge on any atom is 0.222 e. The quantitative estimate of drug-likeness (QED) is 0.427. The monoisotopic (exact) mass is 100 g/mol. The number of amides is 1. The molecule has 0 N–H and O–H groups in total. The first-order valence-electron chi connectivity index (χ1n) is 2.97. The summed E-state index contributed by atoms with van der Waals surface area (Å²) in [6.07, 6.45) is 1.26. The van der Waals surface area contributed by atoms with Crippen molar-refractivity contribution in [1.29, 1.82) is 0 Å². The first-order chi connectivity index (χ1) is 3.72. The Morgan fingerprint density at radius 3 is 2.86 bits per heavy atom. The molecule has 1 rings (SSSR count). The average molecular weight is 100 g/mol. The van der Waals surface area contributed by atoms with E-state index in [-0.39, 0.29) is 12.4 Å². The first-order valence-corrected chi connectivity index (χ1v) is 2.39. The minimum atomic E-state index is -0.275. The number of hydrogen-bond donors (Lipinski definition) is 0. The summed E-state index contributed by atoms with van der Waals surface area (Å²) in [6.45, 7) is -0.275. The normalized spacial score (nSPS) is 33.9. The zero-order valence-corrected chi connectivity index (χ0v) is 4.35. The van der Waals surface area contributed by atoms with E-state index in [4.69, 9.17) is 1.37 Å². The maximum absolute atomic E-state index is 10.6. The van der Waals surface area contributed by atoms with Crippen molar-refractivity contribution in [3.63, 3.8) is 0 Å². The van der Waals surface area contributed by atoms with Crippen molar-refractivity contribution < 1.29 is 6.17 Å². The van der Waals surface area contributed by atoms with Crippen molar-refractivity contribution in [1.82, 2.24) is 4.90 Å². The van der Waals surface area contributed by atoms with Crippen LogP contribution in [0.2, 0.25) is 0 Å². The van der Waals surface area contributed by atoms with E-state index in [1.54, 1.807) is 7.05 Å². The number of rotatable bonds is 0. The van der Waals surface area contributed by atoms with Gasteiger partial charge >= 0.3 is 0 Å². The lowest BCUT2D eigenvalue weighted by atomic mass is 10.4. The van der Waals surface area contributed by atoms with Crippen LogP contribution in [0.1, 0.15) is 14.2 Å². The van der Waals surface area contributed by atoms with Gasteiger partial charge in [0.1, 0.15) is 0 Å². The van der Waals surface area contributed by atoms with Gasteiger partial charge in [0.25, 0.3) is 0 Å².